The van der Waals surface area contributed by atoms with Crippen molar-refractivity contribution in [3.05, 3.63) is 50.9 Å². The second-order valence-corrected chi connectivity index (χ2v) is 6.96. The largest absolute Gasteiger partial charge is 0.483 e. The molecule has 1 aliphatic rings. The van der Waals surface area contributed by atoms with E-state index in [2.05, 4.69) is 5.32 Å². The molecule has 0 saturated heterocycles. The average molecular weight is 389 g/mol. The zero-order valence-electron chi connectivity index (χ0n) is 12.8. The molecule has 0 spiro atoms. The van der Waals surface area contributed by atoms with E-state index in [0.29, 0.717) is 26.6 Å². The first kappa shape index (κ1) is 17.5. The Hall–Kier alpha value is -1.36. The first-order valence-electron chi connectivity index (χ1n) is 7.70. The average Bonchev–Trinajstić information content (AvgIpc) is 3.17. The highest BCUT2D eigenvalue weighted by atomic mass is 35.5. The Morgan fingerprint density at radius 2 is 1.83 bits per heavy atom. The lowest BCUT2D eigenvalue weighted by Gasteiger charge is -2.10. The molecule has 1 aliphatic carbocycles. The molecule has 2 aromatic rings. The monoisotopic (exact) mass is 387 g/mol. The summed E-state index contributed by atoms with van der Waals surface area (Å²) in [5, 5.41) is 4.04. The lowest BCUT2D eigenvalue weighted by molar-refractivity contribution is 0.0905. The summed E-state index contributed by atoms with van der Waals surface area (Å²) in [4.78, 5) is 12.1. The minimum atomic E-state index is -0.198. The van der Waals surface area contributed by atoms with Gasteiger partial charge in [-0.2, -0.15) is 0 Å². The highest BCUT2D eigenvalue weighted by Crippen LogP contribution is 2.36. The summed E-state index contributed by atoms with van der Waals surface area (Å²) < 4.78 is 11.1. The molecule has 0 unspecified atom stereocenters. The van der Waals surface area contributed by atoms with Crippen LogP contribution >= 0.6 is 34.8 Å². The minimum Gasteiger partial charge on any atom is -0.483 e. The molecule has 24 heavy (non-hydrogen) atoms. The van der Waals surface area contributed by atoms with Crippen LogP contribution in [0.25, 0.3) is 0 Å². The molecule has 0 atom stereocenters. The van der Waals surface area contributed by atoms with E-state index in [1.165, 1.54) is 0 Å². The van der Waals surface area contributed by atoms with Crippen molar-refractivity contribution in [2.24, 2.45) is 0 Å². The maximum Gasteiger partial charge on any atom is 0.287 e. The Labute approximate surface area is 155 Å². The normalized spacial score (nSPS) is 14.8. The molecule has 1 aromatic carbocycles. The third-order valence-electron chi connectivity index (χ3n) is 3.90. The van der Waals surface area contributed by atoms with Crippen LogP contribution in [0.3, 0.4) is 0 Å². The maximum atomic E-state index is 12.1. The van der Waals surface area contributed by atoms with Crippen LogP contribution in [0.4, 0.5) is 0 Å². The molecule has 1 fully saturated rings. The number of carbonyl (C=O) groups excluding carboxylic acids is 1. The van der Waals surface area contributed by atoms with E-state index in [-0.39, 0.29) is 24.3 Å². The van der Waals surface area contributed by atoms with E-state index < -0.39 is 0 Å². The third-order valence-corrected chi connectivity index (χ3v) is 4.68. The molecule has 3 rings (SSSR count). The summed E-state index contributed by atoms with van der Waals surface area (Å²) in [6.07, 6.45) is 4.36. The van der Waals surface area contributed by atoms with Gasteiger partial charge in [0.25, 0.3) is 5.91 Å². The van der Waals surface area contributed by atoms with Gasteiger partial charge in [0.05, 0.1) is 10.0 Å². The van der Waals surface area contributed by atoms with E-state index in [9.17, 15) is 4.79 Å². The fourth-order valence-corrected chi connectivity index (χ4v) is 3.64. The summed E-state index contributed by atoms with van der Waals surface area (Å²) in [6, 6.07) is 6.67. The van der Waals surface area contributed by atoms with Crippen LogP contribution in [0.5, 0.6) is 5.75 Å². The van der Waals surface area contributed by atoms with Crippen LogP contribution in [-0.4, -0.2) is 11.9 Å². The number of amides is 1. The number of rotatable bonds is 5. The molecule has 0 radical (unpaired) electrons. The van der Waals surface area contributed by atoms with Gasteiger partial charge in [0.15, 0.2) is 11.5 Å². The lowest BCUT2D eigenvalue weighted by Crippen LogP contribution is -2.32. The van der Waals surface area contributed by atoms with E-state index in [4.69, 9.17) is 44.0 Å². The van der Waals surface area contributed by atoms with Crippen molar-refractivity contribution in [2.75, 3.05) is 0 Å². The summed E-state index contributed by atoms with van der Waals surface area (Å²) in [5.41, 5.74) is 0. The van der Waals surface area contributed by atoms with Gasteiger partial charge in [0.1, 0.15) is 12.4 Å². The standard InChI is InChI=1S/C17H16Cl3NO3/c18-10-7-13(19)16(14(20)8-10)23-9-12-5-6-15(24-12)17(22)21-11-3-1-2-4-11/h5-8,11H,1-4,9H2,(H,21,22). The summed E-state index contributed by atoms with van der Waals surface area (Å²) in [6.45, 7) is 0.109. The van der Waals surface area contributed by atoms with Crippen LogP contribution < -0.4 is 10.1 Å². The predicted molar refractivity (Wildman–Crippen MR) is 94.2 cm³/mol. The number of halogens is 3. The highest BCUT2D eigenvalue weighted by molar-refractivity contribution is 6.40. The van der Waals surface area contributed by atoms with Crippen molar-refractivity contribution in [3.63, 3.8) is 0 Å². The number of benzene rings is 1. The Morgan fingerprint density at radius 1 is 1.17 bits per heavy atom. The molecule has 7 heteroatoms. The fourth-order valence-electron chi connectivity index (χ4n) is 2.71. The van der Waals surface area contributed by atoms with Gasteiger partial charge in [-0.15, -0.1) is 0 Å². The Balaban J connectivity index is 1.61. The maximum absolute atomic E-state index is 12.1. The van der Waals surface area contributed by atoms with E-state index in [1.54, 1.807) is 24.3 Å². The molecule has 1 N–H and O–H groups in total. The van der Waals surface area contributed by atoms with Crippen molar-refractivity contribution < 1.29 is 13.9 Å². The van der Waals surface area contributed by atoms with Gasteiger partial charge in [-0.25, -0.2) is 0 Å². The first-order chi connectivity index (χ1) is 11.5. The quantitative estimate of drug-likeness (QED) is 0.736. The van der Waals surface area contributed by atoms with Crippen molar-refractivity contribution in [2.45, 2.75) is 38.3 Å². The molecular formula is C17H16Cl3NO3. The van der Waals surface area contributed by atoms with Crippen LogP contribution in [0.2, 0.25) is 15.1 Å². The fraction of sp³-hybridized carbons (Fsp3) is 0.353. The zero-order chi connectivity index (χ0) is 17.1. The Kier molecular flexibility index (Phi) is 5.59. The van der Waals surface area contributed by atoms with Gasteiger partial charge in [0, 0.05) is 11.1 Å². The number of hydrogen-bond acceptors (Lipinski definition) is 3. The SMILES string of the molecule is O=C(NC1CCCC1)c1ccc(COc2c(Cl)cc(Cl)cc2Cl)o1. The molecule has 4 nitrogen and oxygen atoms in total. The number of carbonyl (C=O) groups is 1. The number of hydrogen-bond donors (Lipinski definition) is 1. The summed E-state index contributed by atoms with van der Waals surface area (Å²) in [5.74, 6) is 0.911. The van der Waals surface area contributed by atoms with Crippen LogP contribution in [0.15, 0.2) is 28.7 Å². The molecule has 1 aromatic heterocycles. The predicted octanol–water partition coefficient (Wildman–Crippen LogP) is 5.49. The van der Waals surface area contributed by atoms with E-state index in [1.807, 2.05) is 0 Å². The Morgan fingerprint density at radius 3 is 2.50 bits per heavy atom. The third kappa shape index (κ3) is 4.18. The number of ether oxygens (including phenoxy) is 1. The molecule has 1 amide bonds. The molecular weight excluding hydrogens is 373 g/mol. The molecule has 128 valence electrons. The highest BCUT2D eigenvalue weighted by Gasteiger charge is 2.20. The van der Waals surface area contributed by atoms with Crippen LogP contribution in [-0.2, 0) is 6.61 Å². The second-order valence-electron chi connectivity index (χ2n) is 5.71. The zero-order valence-corrected chi connectivity index (χ0v) is 15.0. The molecule has 1 saturated carbocycles. The van der Waals surface area contributed by atoms with Crippen molar-refractivity contribution in [1.29, 1.82) is 0 Å². The summed E-state index contributed by atoms with van der Waals surface area (Å²) in [7, 11) is 0. The van der Waals surface area contributed by atoms with Gasteiger partial charge >= 0.3 is 0 Å². The van der Waals surface area contributed by atoms with E-state index in [0.717, 1.165) is 25.7 Å². The van der Waals surface area contributed by atoms with Crippen molar-refractivity contribution in [1.82, 2.24) is 5.32 Å². The van der Waals surface area contributed by atoms with Gasteiger partial charge in [-0.1, -0.05) is 47.6 Å². The summed E-state index contributed by atoms with van der Waals surface area (Å²) >= 11 is 18.0. The van der Waals surface area contributed by atoms with E-state index >= 15 is 0 Å². The van der Waals surface area contributed by atoms with Crippen LogP contribution in [0.1, 0.15) is 42.0 Å². The smallest absolute Gasteiger partial charge is 0.287 e. The van der Waals surface area contributed by atoms with Crippen molar-refractivity contribution in [3.8, 4) is 5.75 Å². The number of furan rings is 1. The van der Waals surface area contributed by atoms with Gasteiger partial charge in [0.2, 0.25) is 0 Å². The number of nitrogens with one attached hydrogen (secondary N) is 1. The van der Waals surface area contributed by atoms with Gasteiger partial charge in [-0.05, 0) is 37.1 Å². The van der Waals surface area contributed by atoms with Gasteiger partial charge in [-0.3, -0.25) is 4.79 Å². The second kappa shape index (κ2) is 7.68. The molecule has 0 bridgehead atoms. The van der Waals surface area contributed by atoms with Crippen molar-refractivity contribution >= 4 is 40.7 Å². The molecule has 1 heterocycles. The van der Waals surface area contributed by atoms with Crippen LogP contribution in [0, 0.1) is 0 Å². The molecule has 0 aliphatic heterocycles. The minimum absolute atomic E-state index is 0.109. The van der Waals surface area contributed by atoms with Gasteiger partial charge < -0.3 is 14.5 Å². The topological polar surface area (TPSA) is 51.5 Å². The first-order valence-corrected chi connectivity index (χ1v) is 8.83. The Bertz CT molecular complexity index is 715. The lowest BCUT2D eigenvalue weighted by atomic mass is 10.2.